The Morgan fingerprint density at radius 3 is 2.65 bits per heavy atom. The summed E-state index contributed by atoms with van der Waals surface area (Å²) in [6.45, 7) is 4.04. The van der Waals surface area contributed by atoms with E-state index in [4.69, 9.17) is 9.47 Å². The van der Waals surface area contributed by atoms with E-state index in [2.05, 4.69) is 10.4 Å². The van der Waals surface area contributed by atoms with Crippen molar-refractivity contribution in [2.75, 3.05) is 25.3 Å². The SMILES string of the molecule is CC[C@@H](C)n1[nH]c(=O)c2c1NC(=O)CS[C@H]2c1ccc(OC)c(OC)c1. The van der Waals surface area contributed by atoms with Gasteiger partial charge in [0.25, 0.3) is 5.56 Å². The van der Waals surface area contributed by atoms with Crippen molar-refractivity contribution in [1.29, 1.82) is 0 Å². The number of hydrogen-bond donors (Lipinski definition) is 2. The standard InChI is InChI=1S/C18H23N3O4S/c1-5-10(2)21-17-15(18(23)20-21)16(26-9-14(22)19-17)11-6-7-12(24-3)13(8-11)25-4/h6-8,10,16H,5,9H2,1-4H3,(H,19,22)(H,20,23)/t10-,16+/m1/s1. The molecule has 1 aromatic heterocycles. The number of nitrogens with one attached hydrogen (secondary N) is 2. The molecule has 1 aliphatic rings. The summed E-state index contributed by atoms with van der Waals surface area (Å²) in [5.74, 6) is 1.92. The second-order valence-electron chi connectivity index (χ2n) is 6.18. The molecule has 8 heteroatoms. The molecule has 0 aliphatic carbocycles. The van der Waals surface area contributed by atoms with Gasteiger partial charge >= 0.3 is 0 Å². The van der Waals surface area contributed by atoms with E-state index in [1.165, 1.54) is 11.8 Å². The summed E-state index contributed by atoms with van der Waals surface area (Å²) >= 11 is 1.43. The van der Waals surface area contributed by atoms with Crippen LogP contribution in [0.1, 0.15) is 42.7 Å². The van der Waals surface area contributed by atoms with Crippen molar-refractivity contribution in [2.24, 2.45) is 0 Å². The van der Waals surface area contributed by atoms with E-state index in [0.29, 0.717) is 22.9 Å². The first kappa shape index (κ1) is 18.4. The Morgan fingerprint density at radius 2 is 2.00 bits per heavy atom. The molecule has 2 heterocycles. The molecule has 0 fully saturated rings. The van der Waals surface area contributed by atoms with Gasteiger partial charge in [-0.3, -0.25) is 19.4 Å². The fourth-order valence-electron chi connectivity index (χ4n) is 3.04. The Hall–Kier alpha value is -2.35. The topological polar surface area (TPSA) is 85.4 Å². The number of carbonyl (C=O) groups is 1. The number of methoxy groups -OCH3 is 2. The Balaban J connectivity index is 2.15. The van der Waals surface area contributed by atoms with Crippen LogP contribution < -0.4 is 20.3 Å². The van der Waals surface area contributed by atoms with Crippen molar-refractivity contribution in [3.63, 3.8) is 0 Å². The van der Waals surface area contributed by atoms with Crippen LogP contribution in [-0.4, -0.2) is 35.7 Å². The summed E-state index contributed by atoms with van der Waals surface area (Å²) in [5, 5.41) is 5.50. The summed E-state index contributed by atoms with van der Waals surface area (Å²) in [4.78, 5) is 24.9. The lowest BCUT2D eigenvalue weighted by Crippen LogP contribution is -2.18. The highest BCUT2D eigenvalue weighted by atomic mass is 32.2. The number of H-pyrrole nitrogens is 1. The van der Waals surface area contributed by atoms with Gasteiger partial charge in [-0.15, -0.1) is 11.8 Å². The summed E-state index contributed by atoms with van der Waals surface area (Å²) in [5.41, 5.74) is 1.26. The number of aromatic nitrogens is 2. The highest BCUT2D eigenvalue weighted by Crippen LogP contribution is 2.42. The van der Waals surface area contributed by atoms with E-state index < -0.39 is 0 Å². The Kier molecular flexibility index (Phi) is 5.31. The highest BCUT2D eigenvalue weighted by molar-refractivity contribution is 8.00. The summed E-state index contributed by atoms with van der Waals surface area (Å²) in [6.07, 6.45) is 0.834. The molecule has 0 bridgehead atoms. The number of anilines is 1. The molecular formula is C18H23N3O4S. The van der Waals surface area contributed by atoms with Crippen molar-refractivity contribution in [3.8, 4) is 11.5 Å². The zero-order valence-electron chi connectivity index (χ0n) is 15.3. The van der Waals surface area contributed by atoms with Crippen LogP contribution in [-0.2, 0) is 4.79 Å². The van der Waals surface area contributed by atoms with E-state index in [-0.39, 0.29) is 28.5 Å². The second-order valence-corrected chi connectivity index (χ2v) is 7.28. The normalized spacial score (nSPS) is 17.8. The van der Waals surface area contributed by atoms with Gasteiger partial charge in [0.05, 0.1) is 30.8 Å². The van der Waals surface area contributed by atoms with E-state index in [0.717, 1.165) is 12.0 Å². The Morgan fingerprint density at radius 1 is 1.27 bits per heavy atom. The molecule has 0 radical (unpaired) electrons. The van der Waals surface area contributed by atoms with Crippen LogP contribution in [0.3, 0.4) is 0 Å². The summed E-state index contributed by atoms with van der Waals surface area (Å²) in [6, 6.07) is 5.64. The molecule has 2 N–H and O–H groups in total. The lowest BCUT2D eigenvalue weighted by molar-refractivity contribution is -0.113. The molecule has 0 saturated carbocycles. The maximum Gasteiger partial charge on any atom is 0.270 e. The zero-order chi connectivity index (χ0) is 18.8. The minimum absolute atomic E-state index is 0.0703. The summed E-state index contributed by atoms with van der Waals surface area (Å²) in [7, 11) is 3.15. The molecule has 1 amide bonds. The molecule has 140 valence electrons. The molecule has 0 unspecified atom stereocenters. The predicted molar refractivity (Wildman–Crippen MR) is 103 cm³/mol. The lowest BCUT2D eigenvalue weighted by atomic mass is 10.1. The van der Waals surface area contributed by atoms with Gasteiger partial charge < -0.3 is 14.8 Å². The van der Waals surface area contributed by atoms with Crippen LogP contribution in [0.25, 0.3) is 0 Å². The van der Waals surface area contributed by atoms with Gasteiger partial charge in [0, 0.05) is 6.04 Å². The molecule has 1 aromatic carbocycles. The quantitative estimate of drug-likeness (QED) is 0.837. The first-order valence-corrected chi connectivity index (χ1v) is 9.52. The second kappa shape index (κ2) is 7.49. The van der Waals surface area contributed by atoms with E-state index >= 15 is 0 Å². The van der Waals surface area contributed by atoms with Gasteiger partial charge in [-0.1, -0.05) is 13.0 Å². The van der Waals surface area contributed by atoms with Gasteiger partial charge in [0.2, 0.25) is 5.91 Å². The average Bonchev–Trinajstić information content (AvgIpc) is 2.86. The molecule has 2 aromatic rings. The molecule has 7 nitrogen and oxygen atoms in total. The first-order chi connectivity index (χ1) is 12.5. The van der Waals surface area contributed by atoms with Crippen LogP contribution in [0.2, 0.25) is 0 Å². The number of carbonyl (C=O) groups excluding carboxylic acids is 1. The van der Waals surface area contributed by atoms with Crippen molar-refractivity contribution >= 4 is 23.5 Å². The third-order valence-corrected chi connectivity index (χ3v) is 5.88. The van der Waals surface area contributed by atoms with Gasteiger partial charge in [-0.25, -0.2) is 0 Å². The smallest absolute Gasteiger partial charge is 0.270 e. The molecule has 3 rings (SSSR count). The van der Waals surface area contributed by atoms with Crippen LogP contribution in [0, 0.1) is 0 Å². The van der Waals surface area contributed by atoms with E-state index in [9.17, 15) is 9.59 Å². The number of amides is 1. The monoisotopic (exact) mass is 377 g/mol. The van der Waals surface area contributed by atoms with Gasteiger partial charge in [0.15, 0.2) is 11.5 Å². The lowest BCUT2D eigenvalue weighted by Gasteiger charge is -2.17. The van der Waals surface area contributed by atoms with E-state index in [1.54, 1.807) is 18.9 Å². The molecule has 2 atom stereocenters. The number of ether oxygens (including phenoxy) is 2. The molecule has 0 spiro atoms. The molecule has 26 heavy (non-hydrogen) atoms. The zero-order valence-corrected chi connectivity index (χ0v) is 16.1. The number of aromatic amines is 1. The van der Waals surface area contributed by atoms with Gasteiger partial charge in [-0.2, -0.15) is 0 Å². The Labute approximate surface area is 156 Å². The number of fused-ring (bicyclic) bond motifs is 1. The molecule has 0 saturated heterocycles. The number of rotatable bonds is 5. The van der Waals surface area contributed by atoms with Gasteiger partial charge in [0.1, 0.15) is 5.82 Å². The third-order valence-electron chi connectivity index (χ3n) is 4.61. The maximum atomic E-state index is 12.7. The number of hydrogen-bond acceptors (Lipinski definition) is 5. The van der Waals surface area contributed by atoms with Crippen molar-refractivity contribution in [2.45, 2.75) is 31.6 Å². The fourth-order valence-corrected chi connectivity index (χ4v) is 4.15. The van der Waals surface area contributed by atoms with Crippen LogP contribution >= 0.6 is 11.8 Å². The summed E-state index contributed by atoms with van der Waals surface area (Å²) < 4.78 is 12.4. The van der Waals surface area contributed by atoms with Crippen LogP contribution in [0.15, 0.2) is 23.0 Å². The molecular weight excluding hydrogens is 354 g/mol. The van der Waals surface area contributed by atoms with Crippen molar-refractivity contribution in [3.05, 3.63) is 39.7 Å². The largest absolute Gasteiger partial charge is 0.493 e. The number of nitrogens with zero attached hydrogens (tertiary/aromatic N) is 1. The minimum Gasteiger partial charge on any atom is -0.493 e. The minimum atomic E-state index is -0.280. The van der Waals surface area contributed by atoms with Gasteiger partial charge in [-0.05, 0) is 31.0 Å². The average molecular weight is 377 g/mol. The highest BCUT2D eigenvalue weighted by Gasteiger charge is 2.31. The predicted octanol–water partition coefficient (Wildman–Crippen LogP) is 2.94. The fraction of sp³-hybridized carbons (Fsp3) is 0.444. The van der Waals surface area contributed by atoms with Crippen molar-refractivity contribution in [1.82, 2.24) is 9.78 Å². The molecule has 1 aliphatic heterocycles. The third kappa shape index (κ3) is 3.21. The number of thioether (sulfide) groups is 1. The van der Waals surface area contributed by atoms with Crippen LogP contribution in [0.4, 0.5) is 5.82 Å². The first-order valence-electron chi connectivity index (χ1n) is 8.47. The maximum absolute atomic E-state index is 12.7. The number of benzene rings is 1. The van der Waals surface area contributed by atoms with Crippen molar-refractivity contribution < 1.29 is 14.3 Å². The Bertz CT molecular complexity index is 874. The van der Waals surface area contributed by atoms with E-state index in [1.807, 2.05) is 32.0 Å². The van der Waals surface area contributed by atoms with Crippen LogP contribution in [0.5, 0.6) is 11.5 Å².